The van der Waals surface area contributed by atoms with Gasteiger partial charge in [0, 0.05) is 42.5 Å². The van der Waals surface area contributed by atoms with Crippen LogP contribution < -0.4 is 0 Å². The molecule has 0 N–H and O–H groups in total. The molecule has 5 rings (SSSR count). The summed E-state index contributed by atoms with van der Waals surface area (Å²) in [5.41, 5.74) is 1.25. The van der Waals surface area contributed by atoms with Crippen LogP contribution in [0.25, 0.3) is 0 Å². The van der Waals surface area contributed by atoms with Crippen molar-refractivity contribution in [2.75, 3.05) is 13.1 Å². The summed E-state index contributed by atoms with van der Waals surface area (Å²) in [6.07, 6.45) is 11.0. The minimum atomic E-state index is 0.00609. The lowest BCUT2D eigenvalue weighted by molar-refractivity contribution is -0.933. The molecule has 0 aromatic rings. The first-order valence-electron chi connectivity index (χ1n) is 9.26. The molecule has 22 heavy (non-hydrogen) atoms. The van der Waals surface area contributed by atoms with Crippen molar-refractivity contribution in [1.29, 1.82) is 0 Å². The van der Waals surface area contributed by atoms with E-state index in [4.69, 9.17) is 0 Å². The highest BCUT2D eigenvalue weighted by molar-refractivity contribution is 5.93. The number of rotatable bonds is 0. The maximum absolute atomic E-state index is 13.5. The SMILES string of the molecule is O=C1C=C2[C@H](C1)C[C@@H]1CCC[C@H]3C[N+]4([O-])CCCC[C@H]4N2[C@H]13. The number of hydrogen-bond acceptors (Lipinski definition) is 3. The van der Waals surface area contributed by atoms with Crippen molar-refractivity contribution in [3.63, 3.8) is 0 Å². The van der Waals surface area contributed by atoms with Gasteiger partial charge >= 0.3 is 0 Å². The first-order valence-corrected chi connectivity index (χ1v) is 9.26. The molecule has 0 aromatic carbocycles. The van der Waals surface area contributed by atoms with Crippen LogP contribution in [0.15, 0.2) is 11.8 Å². The second-order valence-corrected chi connectivity index (χ2v) is 8.36. The van der Waals surface area contributed by atoms with Gasteiger partial charge in [0.05, 0.1) is 13.1 Å². The number of carbonyl (C=O) groups is 1. The van der Waals surface area contributed by atoms with Crippen molar-refractivity contribution in [2.45, 2.75) is 63.6 Å². The van der Waals surface area contributed by atoms with Crippen LogP contribution in [0.5, 0.6) is 0 Å². The predicted octanol–water partition coefficient (Wildman–Crippen LogP) is 2.79. The van der Waals surface area contributed by atoms with E-state index in [0.29, 0.717) is 30.1 Å². The minimum Gasteiger partial charge on any atom is -0.631 e. The summed E-state index contributed by atoms with van der Waals surface area (Å²) in [4.78, 5) is 14.5. The average Bonchev–Trinajstić information content (AvgIpc) is 2.86. The molecular weight excluding hydrogens is 276 g/mol. The van der Waals surface area contributed by atoms with Crippen molar-refractivity contribution < 1.29 is 9.44 Å². The first kappa shape index (κ1) is 13.6. The fourth-order valence-corrected chi connectivity index (χ4v) is 6.43. The molecule has 4 heteroatoms. The van der Waals surface area contributed by atoms with E-state index in [9.17, 15) is 10.0 Å². The van der Waals surface area contributed by atoms with Crippen LogP contribution in [-0.2, 0) is 4.79 Å². The van der Waals surface area contributed by atoms with Gasteiger partial charge in [-0.25, -0.2) is 0 Å². The molecule has 0 radical (unpaired) electrons. The van der Waals surface area contributed by atoms with Crippen molar-refractivity contribution in [3.8, 4) is 0 Å². The van der Waals surface area contributed by atoms with Crippen LogP contribution in [0.1, 0.15) is 51.4 Å². The maximum Gasteiger partial charge on any atom is 0.164 e. The second kappa shape index (κ2) is 4.57. The zero-order valence-electron chi connectivity index (χ0n) is 13.2. The second-order valence-electron chi connectivity index (χ2n) is 8.36. The number of ketones is 1. The summed E-state index contributed by atoms with van der Waals surface area (Å²) < 4.78 is 0.00609. The lowest BCUT2D eigenvalue weighted by Gasteiger charge is -2.66. The Balaban J connectivity index is 1.61. The fraction of sp³-hybridized carbons (Fsp3) is 0.833. The van der Waals surface area contributed by atoms with Gasteiger partial charge in [-0.1, -0.05) is 6.42 Å². The maximum atomic E-state index is 13.5. The Morgan fingerprint density at radius 1 is 1.14 bits per heavy atom. The van der Waals surface area contributed by atoms with Crippen LogP contribution in [0.2, 0.25) is 0 Å². The molecule has 3 aliphatic heterocycles. The van der Waals surface area contributed by atoms with Gasteiger partial charge in [0.1, 0.15) is 0 Å². The van der Waals surface area contributed by atoms with Crippen LogP contribution >= 0.6 is 0 Å². The molecule has 4 fully saturated rings. The Bertz CT molecular complexity index is 543. The molecule has 0 aromatic heterocycles. The largest absolute Gasteiger partial charge is 0.631 e. The lowest BCUT2D eigenvalue weighted by atomic mass is 9.67. The molecule has 120 valence electrons. The van der Waals surface area contributed by atoms with Gasteiger partial charge in [-0.3, -0.25) is 4.79 Å². The number of carbonyl (C=O) groups excluding carboxylic acids is 1. The third kappa shape index (κ3) is 1.74. The predicted molar refractivity (Wildman–Crippen MR) is 83.3 cm³/mol. The Hall–Kier alpha value is -0.870. The van der Waals surface area contributed by atoms with Crippen LogP contribution in [0.3, 0.4) is 0 Å². The number of fused-ring (bicyclic) bond motifs is 4. The molecule has 0 bridgehead atoms. The fourth-order valence-electron chi connectivity index (χ4n) is 6.43. The summed E-state index contributed by atoms with van der Waals surface area (Å²) in [5.74, 6) is 1.99. The van der Waals surface area contributed by atoms with Crippen molar-refractivity contribution in [2.24, 2.45) is 17.8 Å². The zero-order chi connectivity index (χ0) is 14.9. The Labute approximate surface area is 132 Å². The van der Waals surface area contributed by atoms with Gasteiger partial charge in [0.25, 0.3) is 0 Å². The minimum absolute atomic E-state index is 0.00609. The quantitative estimate of drug-likeness (QED) is 0.510. The Kier molecular flexibility index (Phi) is 2.82. The summed E-state index contributed by atoms with van der Waals surface area (Å²) in [6.45, 7) is 1.63. The highest BCUT2D eigenvalue weighted by Gasteiger charge is 2.56. The third-order valence-electron chi connectivity index (χ3n) is 7.15. The molecule has 2 aliphatic carbocycles. The topological polar surface area (TPSA) is 43.4 Å². The highest BCUT2D eigenvalue weighted by atomic mass is 16.6. The number of quaternary nitrogens is 1. The average molecular weight is 302 g/mol. The van der Waals surface area contributed by atoms with E-state index < -0.39 is 0 Å². The van der Waals surface area contributed by atoms with E-state index >= 15 is 0 Å². The van der Waals surface area contributed by atoms with Gasteiger partial charge in [-0.15, -0.1) is 0 Å². The normalized spacial score (nSPS) is 50.0. The molecular formula is C18H26N2O2. The molecule has 4 nitrogen and oxygen atoms in total. The summed E-state index contributed by atoms with van der Waals surface area (Å²) >= 11 is 0. The van der Waals surface area contributed by atoms with Gasteiger partial charge in [0.15, 0.2) is 11.9 Å². The van der Waals surface area contributed by atoms with Crippen LogP contribution in [-0.4, -0.2) is 40.6 Å². The van der Waals surface area contributed by atoms with E-state index in [1.54, 1.807) is 0 Å². The molecule has 6 atom stereocenters. The van der Waals surface area contributed by atoms with Gasteiger partial charge < -0.3 is 14.8 Å². The Morgan fingerprint density at radius 3 is 2.91 bits per heavy atom. The zero-order valence-corrected chi connectivity index (χ0v) is 13.2. The number of nitrogens with zero attached hydrogens (tertiary/aromatic N) is 2. The van der Waals surface area contributed by atoms with E-state index in [1.807, 2.05) is 6.08 Å². The first-order chi connectivity index (χ1) is 10.7. The van der Waals surface area contributed by atoms with Crippen molar-refractivity contribution in [3.05, 3.63) is 17.0 Å². The van der Waals surface area contributed by atoms with Crippen LogP contribution in [0, 0.1) is 23.0 Å². The third-order valence-corrected chi connectivity index (χ3v) is 7.15. The van der Waals surface area contributed by atoms with Crippen molar-refractivity contribution in [1.82, 2.24) is 4.90 Å². The summed E-state index contributed by atoms with van der Waals surface area (Å²) in [5, 5.41) is 13.5. The smallest absolute Gasteiger partial charge is 0.164 e. The monoisotopic (exact) mass is 302 g/mol. The molecule has 3 saturated heterocycles. The number of piperidine rings is 2. The van der Waals surface area contributed by atoms with Gasteiger partial charge in [0.2, 0.25) is 0 Å². The van der Waals surface area contributed by atoms with Gasteiger partial charge in [-0.05, 0) is 38.0 Å². The lowest BCUT2D eigenvalue weighted by Crippen LogP contribution is -2.73. The summed E-state index contributed by atoms with van der Waals surface area (Å²) in [6, 6.07) is 0.561. The van der Waals surface area contributed by atoms with E-state index in [2.05, 4.69) is 4.90 Å². The molecule has 3 heterocycles. The highest BCUT2D eigenvalue weighted by Crippen LogP contribution is 2.53. The van der Waals surface area contributed by atoms with E-state index in [1.165, 1.54) is 37.8 Å². The number of hydrogen-bond donors (Lipinski definition) is 0. The number of allylic oxidation sites excluding steroid dienone is 2. The standard InChI is InChI=1S/C18H26N2O2/c21-15-9-14-8-12-4-3-5-13-11-20(22)7-2-1-6-17(20)19(18(12)13)16(14)10-15/h10,12-14,17-18H,1-9,11H2/t12-,13-,14-,17-,18+,20?/m0/s1. The molecule has 0 spiro atoms. The Morgan fingerprint density at radius 2 is 2.00 bits per heavy atom. The van der Waals surface area contributed by atoms with E-state index in [-0.39, 0.29) is 10.8 Å². The van der Waals surface area contributed by atoms with Crippen LogP contribution in [0.4, 0.5) is 0 Å². The van der Waals surface area contributed by atoms with Gasteiger partial charge in [-0.2, -0.15) is 0 Å². The molecule has 1 saturated carbocycles. The molecule has 1 unspecified atom stereocenters. The van der Waals surface area contributed by atoms with Crippen molar-refractivity contribution >= 4 is 5.78 Å². The number of hydroxylamine groups is 3. The molecule has 0 amide bonds. The van der Waals surface area contributed by atoms with E-state index in [0.717, 1.165) is 31.8 Å². The summed E-state index contributed by atoms with van der Waals surface area (Å²) in [7, 11) is 0. The molecule has 5 aliphatic rings.